The van der Waals surface area contributed by atoms with Gasteiger partial charge in [-0.15, -0.1) is 0 Å². The molecule has 0 bridgehead atoms. The van der Waals surface area contributed by atoms with Crippen LogP contribution in [0.4, 0.5) is 5.69 Å². The van der Waals surface area contributed by atoms with E-state index >= 15 is 0 Å². The van der Waals surface area contributed by atoms with Crippen LogP contribution >= 0.6 is 0 Å². The number of anilines is 1. The molecule has 1 amide bonds. The molecule has 0 atom stereocenters. The summed E-state index contributed by atoms with van der Waals surface area (Å²) in [6.07, 6.45) is 6.04. The zero-order chi connectivity index (χ0) is 18.6. The molecule has 0 aromatic heterocycles. The van der Waals surface area contributed by atoms with Gasteiger partial charge in [0.25, 0.3) is 5.91 Å². The van der Waals surface area contributed by atoms with Crippen LogP contribution in [0.15, 0.2) is 48.5 Å². The molecule has 0 radical (unpaired) electrons. The van der Waals surface area contributed by atoms with Crippen molar-refractivity contribution in [1.82, 2.24) is 0 Å². The smallest absolute Gasteiger partial charge is 0.262 e. The van der Waals surface area contributed by atoms with Crippen molar-refractivity contribution in [3.8, 4) is 11.5 Å². The molecule has 0 saturated carbocycles. The summed E-state index contributed by atoms with van der Waals surface area (Å²) in [4.78, 5) is 12.1. The number of carbonyl (C=O) groups is 1. The fourth-order valence-electron chi connectivity index (χ4n) is 2.61. The first-order chi connectivity index (χ1) is 12.7. The first kappa shape index (κ1) is 19.8. The Morgan fingerprint density at radius 3 is 2.42 bits per heavy atom. The molecule has 0 spiro atoms. The SMILES string of the molecule is CCCCCCCOc1cccc(NC(=O)COc2cccc(C)c2)c1. The lowest BCUT2D eigenvalue weighted by atomic mass is 10.2. The molecule has 0 saturated heterocycles. The molecule has 2 aromatic rings. The maximum atomic E-state index is 12.1. The topological polar surface area (TPSA) is 47.6 Å². The zero-order valence-electron chi connectivity index (χ0n) is 15.8. The summed E-state index contributed by atoms with van der Waals surface area (Å²) in [7, 11) is 0. The van der Waals surface area contributed by atoms with Gasteiger partial charge in [-0.05, 0) is 43.2 Å². The van der Waals surface area contributed by atoms with E-state index in [0.717, 1.165) is 17.7 Å². The van der Waals surface area contributed by atoms with Crippen LogP contribution in [0.3, 0.4) is 0 Å². The first-order valence-corrected chi connectivity index (χ1v) is 9.39. The highest BCUT2D eigenvalue weighted by Gasteiger charge is 2.05. The summed E-state index contributed by atoms with van der Waals surface area (Å²) in [6, 6.07) is 15.1. The Hall–Kier alpha value is -2.49. The van der Waals surface area contributed by atoms with Crippen LogP contribution in [0.2, 0.25) is 0 Å². The molecule has 0 heterocycles. The van der Waals surface area contributed by atoms with Crippen LogP contribution in [0.25, 0.3) is 0 Å². The van der Waals surface area contributed by atoms with Crippen molar-refractivity contribution in [3.05, 3.63) is 54.1 Å². The van der Waals surface area contributed by atoms with Crippen molar-refractivity contribution >= 4 is 11.6 Å². The normalized spacial score (nSPS) is 10.4. The number of amides is 1. The van der Waals surface area contributed by atoms with Crippen LogP contribution in [-0.4, -0.2) is 19.1 Å². The molecule has 140 valence electrons. The van der Waals surface area contributed by atoms with Gasteiger partial charge < -0.3 is 14.8 Å². The quantitative estimate of drug-likeness (QED) is 0.552. The van der Waals surface area contributed by atoms with Gasteiger partial charge in [-0.1, -0.05) is 50.8 Å². The highest BCUT2D eigenvalue weighted by molar-refractivity contribution is 5.92. The Kier molecular flexibility index (Phi) is 8.53. The number of aryl methyl sites for hydroxylation is 1. The molecule has 0 aliphatic carbocycles. The Morgan fingerprint density at radius 2 is 1.65 bits per heavy atom. The summed E-state index contributed by atoms with van der Waals surface area (Å²) >= 11 is 0. The van der Waals surface area contributed by atoms with E-state index in [1.165, 1.54) is 25.7 Å². The highest BCUT2D eigenvalue weighted by Crippen LogP contribution is 2.18. The third-order valence-electron chi connectivity index (χ3n) is 3.99. The molecule has 4 nitrogen and oxygen atoms in total. The fourth-order valence-corrected chi connectivity index (χ4v) is 2.61. The van der Waals surface area contributed by atoms with Crippen LogP contribution in [0.5, 0.6) is 11.5 Å². The summed E-state index contributed by atoms with van der Waals surface area (Å²) in [6.45, 7) is 4.88. The predicted octanol–water partition coefficient (Wildman–Crippen LogP) is 5.36. The van der Waals surface area contributed by atoms with Gasteiger partial charge in [0.05, 0.1) is 6.61 Å². The summed E-state index contributed by atoms with van der Waals surface area (Å²) in [5.74, 6) is 1.28. The van der Waals surface area contributed by atoms with Gasteiger partial charge >= 0.3 is 0 Å². The molecule has 26 heavy (non-hydrogen) atoms. The molecule has 0 unspecified atom stereocenters. The lowest BCUT2D eigenvalue weighted by Crippen LogP contribution is -2.20. The average molecular weight is 355 g/mol. The number of hydrogen-bond acceptors (Lipinski definition) is 3. The van der Waals surface area contributed by atoms with E-state index in [1.807, 2.05) is 55.5 Å². The maximum absolute atomic E-state index is 12.1. The number of benzene rings is 2. The standard InChI is InChI=1S/C22H29NO3/c1-3-4-5-6-7-14-25-21-13-9-11-19(16-21)23-22(24)17-26-20-12-8-10-18(2)15-20/h8-13,15-16H,3-7,14,17H2,1-2H3,(H,23,24). The van der Waals surface area contributed by atoms with Gasteiger partial charge in [-0.25, -0.2) is 0 Å². The van der Waals surface area contributed by atoms with Gasteiger partial charge in [0, 0.05) is 11.8 Å². The second-order valence-electron chi connectivity index (χ2n) is 6.44. The van der Waals surface area contributed by atoms with E-state index in [9.17, 15) is 4.79 Å². The van der Waals surface area contributed by atoms with Crippen molar-refractivity contribution in [1.29, 1.82) is 0 Å². The second kappa shape index (κ2) is 11.2. The van der Waals surface area contributed by atoms with Crippen molar-refractivity contribution < 1.29 is 14.3 Å². The van der Waals surface area contributed by atoms with Crippen molar-refractivity contribution in [2.24, 2.45) is 0 Å². The van der Waals surface area contributed by atoms with E-state index in [4.69, 9.17) is 9.47 Å². The van der Waals surface area contributed by atoms with E-state index < -0.39 is 0 Å². The summed E-state index contributed by atoms with van der Waals surface area (Å²) in [5.41, 5.74) is 1.81. The molecule has 2 aromatic carbocycles. The summed E-state index contributed by atoms with van der Waals surface area (Å²) in [5, 5.41) is 2.84. The number of carbonyl (C=O) groups excluding carboxylic acids is 1. The van der Waals surface area contributed by atoms with Crippen molar-refractivity contribution in [3.63, 3.8) is 0 Å². The van der Waals surface area contributed by atoms with Crippen LogP contribution in [0, 0.1) is 6.92 Å². The van der Waals surface area contributed by atoms with Crippen LogP contribution < -0.4 is 14.8 Å². The molecule has 0 aliphatic rings. The maximum Gasteiger partial charge on any atom is 0.262 e. The van der Waals surface area contributed by atoms with E-state index in [-0.39, 0.29) is 12.5 Å². The Balaban J connectivity index is 1.73. The van der Waals surface area contributed by atoms with E-state index in [1.54, 1.807) is 0 Å². The molecular weight excluding hydrogens is 326 g/mol. The lowest BCUT2D eigenvalue weighted by molar-refractivity contribution is -0.118. The highest BCUT2D eigenvalue weighted by atomic mass is 16.5. The lowest BCUT2D eigenvalue weighted by Gasteiger charge is -2.10. The minimum absolute atomic E-state index is 0.0219. The number of unbranched alkanes of at least 4 members (excludes halogenated alkanes) is 4. The van der Waals surface area contributed by atoms with Gasteiger partial charge in [0.1, 0.15) is 11.5 Å². The Morgan fingerprint density at radius 1 is 0.923 bits per heavy atom. The second-order valence-corrected chi connectivity index (χ2v) is 6.44. The van der Waals surface area contributed by atoms with Gasteiger partial charge in [0.2, 0.25) is 0 Å². The number of ether oxygens (including phenoxy) is 2. The number of hydrogen-bond donors (Lipinski definition) is 1. The molecule has 1 N–H and O–H groups in total. The van der Waals surface area contributed by atoms with Crippen LogP contribution in [0.1, 0.15) is 44.6 Å². The monoisotopic (exact) mass is 355 g/mol. The molecule has 0 aliphatic heterocycles. The van der Waals surface area contributed by atoms with Gasteiger partial charge in [-0.3, -0.25) is 4.79 Å². The van der Waals surface area contributed by atoms with E-state index in [2.05, 4.69) is 12.2 Å². The molecule has 2 rings (SSSR count). The summed E-state index contributed by atoms with van der Waals surface area (Å²) < 4.78 is 11.3. The minimum atomic E-state index is -0.191. The van der Waals surface area contributed by atoms with E-state index in [0.29, 0.717) is 18.0 Å². The molecule has 0 fully saturated rings. The largest absolute Gasteiger partial charge is 0.494 e. The minimum Gasteiger partial charge on any atom is -0.494 e. The van der Waals surface area contributed by atoms with Crippen molar-refractivity contribution in [2.75, 3.05) is 18.5 Å². The zero-order valence-corrected chi connectivity index (χ0v) is 15.8. The van der Waals surface area contributed by atoms with Gasteiger partial charge in [-0.2, -0.15) is 0 Å². The Bertz CT molecular complexity index is 685. The molecular formula is C22H29NO3. The third kappa shape index (κ3) is 7.60. The Labute approximate surface area is 156 Å². The average Bonchev–Trinajstić information content (AvgIpc) is 2.63. The van der Waals surface area contributed by atoms with Crippen molar-refractivity contribution in [2.45, 2.75) is 46.0 Å². The van der Waals surface area contributed by atoms with Crippen LogP contribution in [-0.2, 0) is 4.79 Å². The number of nitrogens with one attached hydrogen (secondary N) is 1. The fraction of sp³-hybridized carbons (Fsp3) is 0.409. The third-order valence-corrected chi connectivity index (χ3v) is 3.99. The predicted molar refractivity (Wildman–Crippen MR) is 106 cm³/mol. The van der Waals surface area contributed by atoms with Gasteiger partial charge in [0.15, 0.2) is 6.61 Å². The first-order valence-electron chi connectivity index (χ1n) is 9.39. The molecule has 4 heteroatoms. The number of rotatable bonds is 11.